The smallest absolute Gasteiger partial charge is 0.269 e. The van der Waals surface area contributed by atoms with Crippen LogP contribution in [0.4, 0.5) is 5.69 Å². The molecule has 2 aromatic carbocycles. The van der Waals surface area contributed by atoms with Crippen molar-refractivity contribution in [2.24, 2.45) is 0 Å². The van der Waals surface area contributed by atoms with E-state index in [1.165, 1.54) is 29.5 Å². The molecule has 0 aliphatic carbocycles. The Labute approximate surface area is 153 Å². The highest BCUT2D eigenvalue weighted by atomic mass is 35.5. The maximum Gasteiger partial charge on any atom is 0.269 e. The van der Waals surface area contributed by atoms with Gasteiger partial charge < -0.3 is 0 Å². The van der Waals surface area contributed by atoms with Gasteiger partial charge in [-0.2, -0.15) is 0 Å². The zero-order valence-corrected chi connectivity index (χ0v) is 14.5. The Hall–Kier alpha value is -2.76. The number of rotatable bonds is 5. The van der Waals surface area contributed by atoms with Gasteiger partial charge in [-0.15, -0.1) is 11.3 Å². The molecule has 1 heterocycles. The summed E-state index contributed by atoms with van der Waals surface area (Å²) in [5.74, 6) is -0.0954. The fourth-order valence-corrected chi connectivity index (χ4v) is 3.26. The largest absolute Gasteiger partial charge is 0.289 e. The first kappa shape index (κ1) is 17.1. The fraction of sp³-hybridized carbons (Fsp3) is 0. The van der Waals surface area contributed by atoms with Gasteiger partial charge in [0.15, 0.2) is 5.78 Å². The van der Waals surface area contributed by atoms with Crippen molar-refractivity contribution >= 4 is 40.5 Å². The van der Waals surface area contributed by atoms with Crippen LogP contribution in [0.1, 0.15) is 15.2 Å². The van der Waals surface area contributed by atoms with Crippen LogP contribution in [0.3, 0.4) is 0 Å². The maximum absolute atomic E-state index is 12.1. The van der Waals surface area contributed by atoms with Crippen LogP contribution in [0.15, 0.2) is 66.7 Å². The molecular formula is C19H12ClNO3S. The van der Waals surface area contributed by atoms with Crippen LogP contribution in [0.5, 0.6) is 0 Å². The van der Waals surface area contributed by atoms with Gasteiger partial charge >= 0.3 is 0 Å². The van der Waals surface area contributed by atoms with Gasteiger partial charge in [0.05, 0.1) is 4.92 Å². The van der Waals surface area contributed by atoms with Crippen LogP contribution in [0, 0.1) is 10.1 Å². The van der Waals surface area contributed by atoms with Crippen molar-refractivity contribution in [1.82, 2.24) is 0 Å². The van der Waals surface area contributed by atoms with Gasteiger partial charge in [0.2, 0.25) is 0 Å². The Balaban J connectivity index is 1.73. The second-order valence-corrected chi connectivity index (χ2v) is 6.76. The zero-order chi connectivity index (χ0) is 17.8. The number of carbonyl (C=O) groups is 1. The minimum absolute atomic E-state index is 0.0639. The molecule has 0 spiro atoms. The lowest BCUT2D eigenvalue weighted by molar-refractivity contribution is -0.384. The second kappa shape index (κ2) is 7.42. The van der Waals surface area contributed by atoms with Crippen LogP contribution in [0.2, 0.25) is 5.02 Å². The minimum atomic E-state index is -0.422. The minimum Gasteiger partial charge on any atom is -0.289 e. The summed E-state index contributed by atoms with van der Waals surface area (Å²) in [7, 11) is 0. The Morgan fingerprint density at radius 3 is 2.32 bits per heavy atom. The first-order valence-corrected chi connectivity index (χ1v) is 8.55. The summed E-state index contributed by atoms with van der Waals surface area (Å²) in [4.78, 5) is 24.3. The van der Waals surface area contributed by atoms with Gasteiger partial charge in [-0.1, -0.05) is 11.6 Å². The molecule has 1 aromatic heterocycles. The molecule has 0 N–H and O–H groups in total. The lowest BCUT2D eigenvalue weighted by atomic mass is 10.1. The molecular weight excluding hydrogens is 358 g/mol. The molecule has 0 aliphatic rings. The van der Waals surface area contributed by atoms with Gasteiger partial charge in [0.1, 0.15) is 0 Å². The van der Waals surface area contributed by atoms with E-state index in [0.29, 0.717) is 10.6 Å². The predicted molar refractivity (Wildman–Crippen MR) is 101 cm³/mol. The van der Waals surface area contributed by atoms with Gasteiger partial charge in [-0.05, 0) is 66.2 Å². The zero-order valence-electron chi connectivity index (χ0n) is 12.9. The quantitative estimate of drug-likeness (QED) is 0.244. The summed E-state index contributed by atoms with van der Waals surface area (Å²) < 4.78 is 0. The number of non-ortho nitro benzene ring substituents is 1. The molecule has 6 heteroatoms. The number of nitrogens with zero attached hydrogens (tertiary/aromatic N) is 1. The molecule has 0 saturated heterocycles. The Kier molecular flexibility index (Phi) is 5.07. The number of carbonyl (C=O) groups excluding carboxylic acids is 1. The number of hydrogen-bond donors (Lipinski definition) is 0. The summed E-state index contributed by atoms with van der Waals surface area (Å²) in [5, 5.41) is 11.3. The van der Waals surface area contributed by atoms with Crippen molar-refractivity contribution in [2.75, 3.05) is 0 Å². The molecule has 0 atom stereocenters. The molecule has 0 amide bonds. The van der Waals surface area contributed by atoms with Crippen molar-refractivity contribution < 1.29 is 9.72 Å². The third-order valence-corrected chi connectivity index (χ3v) is 4.87. The first-order valence-electron chi connectivity index (χ1n) is 7.35. The number of thiophene rings is 1. The van der Waals surface area contributed by atoms with Crippen molar-refractivity contribution in [3.05, 3.63) is 92.3 Å². The molecule has 4 nitrogen and oxygen atoms in total. The molecule has 124 valence electrons. The number of allylic oxidation sites excluding steroid dienone is 1. The first-order chi connectivity index (χ1) is 12.0. The number of ketones is 1. The van der Waals surface area contributed by atoms with Gasteiger partial charge in [-0.25, -0.2) is 0 Å². The summed E-state index contributed by atoms with van der Waals surface area (Å²) in [6, 6.07) is 17.0. The van der Waals surface area contributed by atoms with Crippen LogP contribution < -0.4 is 0 Å². The molecule has 0 aliphatic heterocycles. The summed E-state index contributed by atoms with van der Waals surface area (Å²) >= 11 is 7.32. The predicted octanol–water partition coefficient (Wildman–Crippen LogP) is 5.87. The van der Waals surface area contributed by atoms with Gasteiger partial charge in [-0.3, -0.25) is 14.9 Å². The van der Waals surface area contributed by atoms with E-state index >= 15 is 0 Å². The number of benzene rings is 2. The van der Waals surface area contributed by atoms with E-state index in [0.717, 1.165) is 15.3 Å². The topological polar surface area (TPSA) is 60.2 Å². The van der Waals surface area contributed by atoms with E-state index in [1.807, 2.05) is 12.1 Å². The van der Waals surface area contributed by atoms with Crippen molar-refractivity contribution in [1.29, 1.82) is 0 Å². The summed E-state index contributed by atoms with van der Waals surface area (Å²) in [5.41, 5.74) is 1.54. The van der Waals surface area contributed by atoms with Crippen molar-refractivity contribution in [3.63, 3.8) is 0 Å². The standard InChI is InChI=1S/C19H12ClNO3S/c20-15-5-1-13(2-6-15)18(22)11-9-17-10-12-19(25-17)14-3-7-16(8-4-14)21(23)24/h1-12H. The maximum atomic E-state index is 12.1. The highest BCUT2D eigenvalue weighted by Crippen LogP contribution is 2.30. The number of hydrogen-bond acceptors (Lipinski definition) is 4. The molecule has 0 unspecified atom stereocenters. The van der Waals surface area contributed by atoms with Crippen LogP contribution in [-0.2, 0) is 0 Å². The highest BCUT2D eigenvalue weighted by molar-refractivity contribution is 7.16. The van der Waals surface area contributed by atoms with Crippen LogP contribution in [-0.4, -0.2) is 10.7 Å². The van der Waals surface area contributed by atoms with Gasteiger partial charge in [0.25, 0.3) is 5.69 Å². The van der Waals surface area contributed by atoms with Gasteiger partial charge in [0, 0.05) is 32.5 Å². The van der Waals surface area contributed by atoms with Crippen LogP contribution in [0.25, 0.3) is 16.5 Å². The van der Waals surface area contributed by atoms with E-state index < -0.39 is 4.92 Å². The molecule has 0 radical (unpaired) electrons. The highest BCUT2D eigenvalue weighted by Gasteiger charge is 2.07. The SMILES string of the molecule is O=C(C=Cc1ccc(-c2ccc([N+](=O)[O-])cc2)s1)c1ccc(Cl)cc1. The Morgan fingerprint density at radius 1 is 1.00 bits per heavy atom. The summed E-state index contributed by atoms with van der Waals surface area (Å²) in [6.07, 6.45) is 3.28. The number of halogens is 1. The van der Waals surface area contributed by atoms with E-state index in [4.69, 9.17) is 11.6 Å². The Bertz CT molecular complexity index is 944. The fourth-order valence-electron chi connectivity index (χ4n) is 2.21. The normalized spacial score (nSPS) is 10.9. The molecule has 3 aromatic rings. The lowest BCUT2D eigenvalue weighted by Gasteiger charge is -1.96. The van der Waals surface area contributed by atoms with E-state index in [-0.39, 0.29) is 11.5 Å². The molecule has 0 saturated carbocycles. The molecule has 3 rings (SSSR count). The average molecular weight is 370 g/mol. The van der Waals surface area contributed by atoms with Crippen LogP contribution >= 0.6 is 22.9 Å². The Morgan fingerprint density at radius 2 is 1.68 bits per heavy atom. The summed E-state index contributed by atoms with van der Waals surface area (Å²) in [6.45, 7) is 0. The monoisotopic (exact) mass is 369 g/mol. The van der Waals surface area contributed by atoms with E-state index in [2.05, 4.69) is 0 Å². The van der Waals surface area contributed by atoms with Crippen molar-refractivity contribution in [2.45, 2.75) is 0 Å². The molecule has 25 heavy (non-hydrogen) atoms. The number of nitro benzene ring substituents is 1. The molecule has 0 fully saturated rings. The third kappa shape index (κ3) is 4.21. The second-order valence-electron chi connectivity index (χ2n) is 5.21. The van der Waals surface area contributed by atoms with E-state index in [9.17, 15) is 14.9 Å². The van der Waals surface area contributed by atoms with Crippen molar-refractivity contribution in [3.8, 4) is 10.4 Å². The van der Waals surface area contributed by atoms with E-state index in [1.54, 1.807) is 42.5 Å². The lowest BCUT2D eigenvalue weighted by Crippen LogP contribution is -1.92. The third-order valence-electron chi connectivity index (χ3n) is 3.52. The molecule has 0 bridgehead atoms. The average Bonchev–Trinajstić information content (AvgIpc) is 3.09. The number of nitro groups is 1.